The number of aryl methyl sites for hydroxylation is 1. The predicted octanol–water partition coefficient (Wildman–Crippen LogP) is 12.3. The Hall–Kier alpha value is -3.41. The zero-order valence-electron chi connectivity index (χ0n) is 31.6. The normalized spacial score (nSPS) is 13.6. The van der Waals surface area contributed by atoms with E-state index in [1.807, 2.05) is 64.1 Å². The van der Waals surface area contributed by atoms with Gasteiger partial charge in [-0.1, -0.05) is 68.6 Å². The van der Waals surface area contributed by atoms with Gasteiger partial charge in [-0.25, -0.2) is 0 Å². The van der Waals surface area contributed by atoms with Gasteiger partial charge in [-0.2, -0.15) is 11.3 Å². The van der Waals surface area contributed by atoms with Crippen LogP contribution in [0.5, 0.6) is 0 Å². The van der Waals surface area contributed by atoms with Crippen molar-refractivity contribution in [3.63, 3.8) is 0 Å². The van der Waals surface area contributed by atoms with E-state index in [2.05, 4.69) is 108 Å². The maximum absolute atomic E-state index is 8.74. The van der Waals surface area contributed by atoms with Crippen molar-refractivity contribution in [2.75, 3.05) is 0 Å². The van der Waals surface area contributed by atoms with E-state index in [0.29, 0.717) is 0 Å². The molecule has 0 amide bonds. The summed E-state index contributed by atoms with van der Waals surface area (Å²) in [6.45, 7) is 13.8. The zero-order valence-corrected chi connectivity index (χ0v) is 34.9. The Morgan fingerprint density at radius 1 is 0.857 bits per heavy atom. The second-order valence-electron chi connectivity index (χ2n) is 13.8. The molecule has 2 nitrogen and oxygen atoms in total. The van der Waals surface area contributed by atoms with E-state index in [9.17, 15) is 0 Å². The molecule has 0 N–H and O–H groups in total. The van der Waals surface area contributed by atoms with Crippen LogP contribution in [0.3, 0.4) is 0 Å². The van der Waals surface area contributed by atoms with Crippen LogP contribution in [0.15, 0.2) is 109 Å². The molecule has 0 aliphatic heterocycles. The maximum atomic E-state index is 8.74. The molecule has 7 rings (SSSR count). The molecule has 1 unspecified atom stereocenters. The molecule has 0 aliphatic carbocycles. The first kappa shape index (κ1) is 34.1. The fraction of sp³-hybridized carbons (Fsp3) is 0.227. The van der Waals surface area contributed by atoms with Crippen LogP contribution in [0.25, 0.3) is 53.5 Å². The van der Waals surface area contributed by atoms with E-state index in [1.54, 1.807) is 17.5 Å². The second kappa shape index (κ2) is 15.2. The third-order valence-corrected chi connectivity index (χ3v) is 14.7. The average molecular weight is 900 g/mol. The van der Waals surface area contributed by atoms with Crippen LogP contribution < -0.4 is 4.40 Å². The molecule has 1 radical (unpaired) electrons. The number of benzene rings is 4. The van der Waals surface area contributed by atoms with Gasteiger partial charge in [0.15, 0.2) is 0 Å². The minimum Gasteiger partial charge on any atom is -0.305 e. The first-order valence-corrected chi connectivity index (χ1v) is 24.6. The Labute approximate surface area is 315 Å². The minimum atomic E-state index is -1.77. The van der Waals surface area contributed by atoms with Gasteiger partial charge in [0, 0.05) is 39.6 Å². The average Bonchev–Trinajstić information content (AvgIpc) is 3.47. The quantitative estimate of drug-likeness (QED) is 0.0944. The number of pyridine rings is 2. The summed E-state index contributed by atoms with van der Waals surface area (Å²) >= 11 is -0.0242. The number of thiophene rings is 1. The van der Waals surface area contributed by atoms with Crippen molar-refractivity contribution in [3.8, 4) is 22.5 Å². The Morgan fingerprint density at radius 3 is 2.33 bits per heavy atom. The van der Waals surface area contributed by atoms with Crippen molar-refractivity contribution < 1.29 is 22.8 Å². The van der Waals surface area contributed by atoms with Crippen LogP contribution in [-0.4, -0.2) is 23.2 Å². The SMILES string of the molecule is Cc1cc(-c2[c-]cccc2)nc[c]1[Ge]([CH3])([CH3])[CH3].[2H]C(C)(C)c1cccc2c1ccc1sc3c(-c4cc(C([2H])(C)C(=C)C)ccn4)[c-]ccc3c12.[Ir]. The zero-order chi connectivity index (χ0) is 36.0. The molecular formula is C44H44GeIrN2S-2. The van der Waals surface area contributed by atoms with Gasteiger partial charge in [-0.15, -0.1) is 23.8 Å². The van der Waals surface area contributed by atoms with Crippen molar-refractivity contribution in [2.45, 2.75) is 63.7 Å². The van der Waals surface area contributed by atoms with Gasteiger partial charge >= 0.3 is 106 Å². The number of hydrogen-bond donors (Lipinski definition) is 0. The molecule has 0 fully saturated rings. The summed E-state index contributed by atoms with van der Waals surface area (Å²) in [7, 11) is 0. The van der Waals surface area contributed by atoms with Gasteiger partial charge in [0.05, 0.1) is 0 Å². The number of aromatic nitrogens is 2. The van der Waals surface area contributed by atoms with E-state index >= 15 is 0 Å². The Balaban J connectivity index is 0.000000237. The molecule has 5 heteroatoms. The summed E-state index contributed by atoms with van der Waals surface area (Å²) in [4.78, 5) is 9.24. The minimum absolute atomic E-state index is 0. The summed E-state index contributed by atoms with van der Waals surface area (Å²) in [5.41, 5.74) is 7.96. The summed E-state index contributed by atoms with van der Waals surface area (Å²) in [5.74, 6) is 5.66. The molecule has 3 heterocycles. The molecule has 0 saturated heterocycles. The van der Waals surface area contributed by atoms with Crippen LogP contribution >= 0.6 is 11.3 Å². The van der Waals surface area contributed by atoms with Gasteiger partial charge in [-0.05, 0) is 62.6 Å². The van der Waals surface area contributed by atoms with Crippen molar-refractivity contribution >= 4 is 59.9 Å². The maximum Gasteiger partial charge on any atom is 0.0395 e. The molecule has 3 aromatic heterocycles. The third-order valence-electron chi connectivity index (χ3n) is 8.99. The molecule has 1 atom stereocenters. The smallest absolute Gasteiger partial charge is 0.0395 e. The van der Waals surface area contributed by atoms with Crippen molar-refractivity contribution in [1.82, 2.24) is 9.97 Å². The fourth-order valence-electron chi connectivity index (χ4n) is 6.31. The predicted molar refractivity (Wildman–Crippen MR) is 212 cm³/mol. The van der Waals surface area contributed by atoms with E-state index in [1.165, 1.54) is 30.8 Å². The molecule has 49 heavy (non-hydrogen) atoms. The number of hydrogen-bond acceptors (Lipinski definition) is 3. The first-order valence-electron chi connectivity index (χ1n) is 17.4. The summed E-state index contributed by atoms with van der Waals surface area (Å²) in [6.07, 6.45) is 3.85. The van der Waals surface area contributed by atoms with Crippen LogP contribution in [0.4, 0.5) is 0 Å². The van der Waals surface area contributed by atoms with Crippen molar-refractivity contribution in [1.29, 1.82) is 0 Å². The van der Waals surface area contributed by atoms with Gasteiger partial charge in [0.25, 0.3) is 0 Å². The molecule has 0 spiro atoms. The Morgan fingerprint density at radius 2 is 1.65 bits per heavy atom. The van der Waals surface area contributed by atoms with E-state index in [4.69, 9.17) is 2.74 Å². The van der Waals surface area contributed by atoms with E-state index in [0.717, 1.165) is 49.3 Å². The van der Waals surface area contributed by atoms with E-state index < -0.39 is 25.1 Å². The summed E-state index contributed by atoms with van der Waals surface area (Å²) in [6, 6.07) is 35.4. The molecule has 0 aliphatic rings. The largest absolute Gasteiger partial charge is 0.305 e. The van der Waals surface area contributed by atoms with Crippen LogP contribution in [0, 0.1) is 19.1 Å². The number of fused-ring (bicyclic) bond motifs is 5. The number of nitrogens with zero attached hydrogens (tertiary/aromatic N) is 2. The molecule has 0 saturated carbocycles. The first-order chi connectivity index (χ1) is 23.6. The van der Waals surface area contributed by atoms with Gasteiger partial charge < -0.3 is 4.98 Å². The third kappa shape index (κ3) is 7.69. The van der Waals surface area contributed by atoms with Crippen LogP contribution in [0.1, 0.15) is 58.9 Å². The van der Waals surface area contributed by atoms with Crippen molar-refractivity contribution in [3.05, 3.63) is 138 Å². The monoisotopic (exact) mass is 901 g/mol. The Kier molecular flexibility index (Phi) is 10.6. The second-order valence-corrected chi connectivity index (χ2v) is 25.4. The molecular weight excluding hydrogens is 853 g/mol. The van der Waals surface area contributed by atoms with Gasteiger partial charge in [0.1, 0.15) is 0 Å². The number of rotatable bonds is 6. The van der Waals surface area contributed by atoms with Crippen molar-refractivity contribution in [2.24, 2.45) is 0 Å². The van der Waals surface area contributed by atoms with Gasteiger partial charge in [-0.3, -0.25) is 0 Å². The fourth-order valence-corrected chi connectivity index (χ4v) is 11.1. The summed E-state index contributed by atoms with van der Waals surface area (Å²) in [5, 5.41) is 4.70. The standard InChI is InChI=1S/C29H26NS.C15H18GeN.Ir/c1-17(2)19(5)20-14-15-30-26(16-20)24-10-7-11-25-28-23-9-6-8-21(18(3)4)22(23)12-13-27(28)31-29(24)25;1-12-10-15(13-8-6-5-7-9-13)17-11-14(12)16(2,3)4;/h6-9,11-16,18-19H,1H2,2-5H3;5-8,10-11H,1-4H3;/q2*-1;/i18D,19D;;. The molecule has 4 aromatic carbocycles. The topological polar surface area (TPSA) is 25.8 Å². The molecule has 0 bridgehead atoms. The van der Waals surface area contributed by atoms with Crippen LogP contribution in [-0.2, 0) is 20.1 Å². The molecule has 251 valence electrons. The van der Waals surface area contributed by atoms with Gasteiger partial charge in [0.2, 0.25) is 0 Å². The van der Waals surface area contributed by atoms with E-state index in [-0.39, 0.29) is 20.1 Å². The number of allylic oxidation sites excluding steroid dienone is 1. The summed E-state index contributed by atoms with van der Waals surface area (Å²) < 4.78 is 21.2. The van der Waals surface area contributed by atoms with Crippen LogP contribution in [0.2, 0.25) is 17.3 Å². The molecule has 7 aromatic rings. The Bertz CT molecular complexity index is 2370.